The molecule has 1 saturated carbocycles. The molecule has 0 aromatic heterocycles. The van der Waals surface area contributed by atoms with Gasteiger partial charge in [0.2, 0.25) is 0 Å². The summed E-state index contributed by atoms with van der Waals surface area (Å²) < 4.78 is 37.7. The van der Waals surface area contributed by atoms with Gasteiger partial charge in [-0.2, -0.15) is 13.2 Å². The lowest BCUT2D eigenvalue weighted by molar-refractivity contribution is -0.137. The number of hydrogen-bond acceptors (Lipinski definition) is 1. The van der Waals surface area contributed by atoms with Crippen LogP contribution in [0.3, 0.4) is 0 Å². The minimum Gasteiger partial charge on any atom is -0.324 e. The highest BCUT2D eigenvalue weighted by Crippen LogP contribution is 2.39. The van der Waals surface area contributed by atoms with E-state index in [1.165, 1.54) is 25.0 Å². The Morgan fingerprint density at radius 1 is 0.952 bits per heavy atom. The van der Waals surface area contributed by atoms with E-state index >= 15 is 0 Å². The molecule has 1 atom stereocenters. The number of alkyl halides is 3. The first-order chi connectivity index (χ1) is 9.79. The van der Waals surface area contributed by atoms with Crippen LogP contribution in [-0.4, -0.2) is 0 Å². The lowest BCUT2D eigenvalue weighted by Gasteiger charge is -2.34. The summed E-state index contributed by atoms with van der Waals surface area (Å²) in [7, 11) is 0. The van der Waals surface area contributed by atoms with Gasteiger partial charge in [0.25, 0.3) is 0 Å². The second kappa shape index (κ2) is 6.39. The van der Waals surface area contributed by atoms with Gasteiger partial charge >= 0.3 is 6.18 Å². The quantitative estimate of drug-likeness (QED) is 0.819. The van der Waals surface area contributed by atoms with E-state index in [2.05, 4.69) is 13.8 Å². The first kappa shape index (κ1) is 16.3. The number of halogens is 3. The largest absolute Gasteiger partial charge is 0.416 e. The zero-order valence-corrected chi connectivity index (χ0v) is 12.7. The van der Waals surface area contributed by atoms with E-state index in [4.69, 9.17) is 5.73 Å². The van der Waals surface area contributed by atoms with Gasteiger partial charge in [0.1, 0.15) is 0 Å². The van der Waals surface area contributed by atoms with Crippen LogP contribution in [0.1, 0.15) is 56.7 Å². The van der Waals surface area contributed by atoms with Gasteiger partial charge in [-0.1, -0.05) is 26.0 Å². The van der Waals surface area contributed by atoms with Crippen LogP contribution in [0, 0.1) is 17.8 Å². The monoisotopic (exact) mass is 299 g/mol. The van der Waals surface area contributed by atoms with Crippen LogP contribution >= 0.6 is 0 Å². The first-order valence-corrected chi connectivity index (χ1v) is 7.71. The molecule has 0 heterocycles. The van der Waals surface area contributed by atoms with E-state index in [-0.39, 0.29) is 6.04 Å². The predicted molar refractivity (Wildman–Crippen MR) is 78.7 cm³/mol. The maximum atomic E-state index is 12.6. The summed E-state index contributed by atoms with van der Waals surface area (Å²) in [5, 5.41) is 0. The molecule has 0 spiro atoms. The Labute approximate surface area is 124 Å². The Hall–Kier alpha value is -1.03. The van der Waals surface area contributed by atoms with Gasteiger partial charge in [-0.15, -0.1) is 0 Å². The molecule has 0 bridgehead atoms. The molecule has 1 unspecified atom stereocenters. The summed E-state index contributed by atoms with van der Waals surface area (Å²) in [6.45, 7) is 4.50. The molecule has 1 aromatic rings. The van der Waals surface area contributed by atoms with Gasteiger partial charge in [-0.25, -0.2) is 0 Å². The van der Waals surface area contributed by atoms with E-state index in [1.807, 2.05) is 0 Å². The molecule has 0 saturated heterocycles. The molecule has 2 rings (SSSR count). The van der Waals surface area contributed by atoms with Crippen LogP contribution < -0.4 is 5.73 Å². The molecule has 4 heteroatoms. The zero-order chi connectivity index (χ0) is 15.6. The molecular weight excluding hydrogens is 275 g/mol. The second-order valence-corrected chi connectivity index (χ2v) is 6.56. The number of rotatable bonds is 3. The Balaban J connectivity index is 1.99. The van der Waals surface area contributed by atoms with E-state index in [9.17, 15) is 13.2 Å². The molecule has 0 aliphatic heterocycles. The van der Waals surface area contributed by atoms with E-state index in [1.54, 1.807) is 0 Å². The second-order valence-electron chi connectivity index (χ2n) is 6.56. The minimum atomic E-state index is -4.28. The van der Waals surface area contributed by atoms with Crippen LogP contribution in [0.25, 0.3) is 0 Å². The topological polar surface area (TPSA) is 26.0 Å². The molecule has 118 valence electrons. The Kier molecular flexibility index (Phi) is 4.97. The van der Waals surface area contributed by atoms with Crippen molar-refractivity contribution < 1.29 is 13.2 Å². The SMILES string of the molecule is CC(C)C1CCC(C(N)c2ccc(C(F)(F)F)cc2)CC1. The number of benzene rings is 1. The fourth-order valence-corrected chi connectivity index (χ4v) is 3.34. The molecule has 1 aromatic carbocycles. The lowest BCUT2D eigenvalue weighted by atomic mass is 9.73. The maximum absolute atomic E-state index is 12.6. The maximum Gasteiger partial charge on any atom is 0.416 e. The first-order valence-electron chi connectivity index (χ1n) is 7.71. The van der Waals surface area contributed by atoms with Gasteiger partial charge in [-0.3, -0.25) is 0 Å². The third-order valence-electron chi connectivity index (χ3n) is 4.89. The highest BCUT2D eigenvalue weighted by Gasteiger charge is 2.31. The van der Waals surface area contributed by atoms with Crippen molar-refractivity contribution in [3.8, 4) is 0 Å². The summed E-state index contributed by atoms with van der Waals surface area (Å²) in [4.78, 5) is 0. The van der Waals surface area contributed by atoms with Crippen LogP contribution in [0.15, 0.2) is 24.3 Å². The fourth-order valence-electron chi connectivity index (χ4n) is 3.34. The Morgan fingerprint density at radius 2 is 1.43 bits per heavy atom. The average molecular weight is 299 g/mol. The van der Waals surface area contributed by atoms with Crippen LogP contribution in [0.4, 0.5) is 13.2 Å². The molecule has 0 radical (unpaired) electrons. The molecule has 1 nitrogen and oxygen atoms in total. The fraction of sp³-hybridized carbons (Fsp3) is 0.647. The predicted octanol–water partition coefficient (Wildman–Crippen LogP) is 5.17. The highest BCUT2D eigenvalue weighted by atomic mass is 19.4. The minimum absolute atomic E-state index is 0.152. The third kappa shape index (κ3) is 4.00. The average Bonchev–Trinajstić information content (AvgIpc) is 2.46. The van der Waals surface area contributed by atoms with Gasteiger partial charge in [-0.05, 0) is 61.1 Å². The number of hydrogen-bond donors (Lipinski definition) is 1. The molecule has 2 N–H and O–H groups in total. The number of nitrogens with two attached hydrogens (primary N) is 1. The van der Waals surface area contributed by atoms with E-state index < -0.39 is 11.7 Å². The standard InChI is InChI=1S/C17H24F3N/c1-11(2)12-3-5-13(6-4-12)16(21)14-7-9-15(10-8-14)17(18,19)20/h7-13,16H,3-6,21H2,1-2H3. The zero-order valence-electron chi connectivity index (χ0n) is 12.7. The van der Waals surface area contributed by atoms with Gasteiger partial charge in [0.15, 0.2) is 0 Å². The van der Waals surface area contributed by atoms with Gasteiger partial charge in [0, 0.05) is 6.04 Å². The highest BCUT2D eigenvalue weighted by molar-refractivity contribution is 5.27. The summed E-state index contributed by atoms with van der Waals surface area (Å²) in [5.74, 6) is 1.85. The summed E-state index contributed by atoms with van der Waals surface area (Å²) in [5.41, 5.74) is 6.48. The molecule has 0 amide bonds. The third-order valence-corrected chi connectivity index (χ3v) is 4.89. The van der Waals surface area contributed by atoms with E-state index in [0.29, 0.717) is 11.8 Å². The van der Waals surface area contributed by atoms with Crippen molar-refractivity contribution >= 4 is 0 Å². The molecule has 21 heavy (non-hydrogen) atoms. The van der Waals surface area contributed by atoms with Crippen molar-refractivity contribution in [2.75, 3.05) is 0 Å². The smallest absolute Gasteiger partial charge is 0.324 e. The van der Waals surface area contributed by atoms with E-state index in [0.717, 1.165) is 36.5 Å². The van der Waals surface area contributed by atoms with Crippen LogP contribution in [-0.2, 0) is 6.18 Å². The van der Waals surface area contributed by atoms with Crippen molar-refractivity contribution in [2.45, 2.75) is 51.7 Å². The van der Waals surface area contributed by atoms with Crippen molar-refractivity contribution in [3.05, 3.63) is 35.4 Å². The Morgan fingerprint density at radius 3 is 1.86 bits per heavy atom. The van der Waals surface area contributed by atoms with Gasteiger partial charge < -0.3 is 5.73 Å². The summed E-state index contributed by atoms with van der Waals surface area (Å²) in [6, 6.07) is 5.17. The van der Waals surface area contributed by atoms with Crippen molar-refractivity contribution in [1.29, 1.82) is 0 Å². The van der Waals surface area contributed by atoms with Crippen LogP contribution in [0.5, 0.6) is 0 Å². The molecule has 1 fully saturated rings. The van der Waals surface area contributed by atoms with Crippen molar-refractivity contribution in [2.24, 2.45) is 23.5 Å². The van der Waals surface area contributed by atoms with Gasteiger partial charge in [0.05, 0.1) is 5.56 Å². The molecule has 1 aliphatic rings. The van der Waals surface area contributed by atoms with Crippen LogP contribution in [0.2, 0.25) is 0 Å². The molecule has 1 aliphatic carbocycles. The van der Waals surface area contributed by atoms with Crippen molar-refractivity contribution in [3.63, 3.8) is 0 Å². The summed E-state index contributed by atoms with van der Waals surface area (Å²) in [6.07, 6.45) is 0.224. The molecular formula is C17H24F3N. The lowest BCUT2D eigenvalue weighted by Crippen LogP contribution is -2.27. The normalized spacial score (nSPS) is 25.1. The summed E-state index contributed by atoms with van der Waals surface area (Å²) >= 11 is 0. The van der Waals surface area contributed by atoms with Crippen molar-refractivity contribution in [1.82, 2.24) is 0 Å². The Bertz CT molecular complexity index is 442.